The highest BCUT2D eigenvalue weighted by molar-refractivity contribution is 7.95. The number of rotatable bonds is 33. The van der Waals surface area contributed by atoms with Gasteiger partial charge in [0, 0.05) is 80.8 Å². The number of likely N-dealkylation sites (N-methyl/N-ethyl adjacent to an activating group) is 7. The van der Waals surface area contributed by atoms with Gasteiger partial charge in [-0.3, -0.25) is 62.3 Å². The number of amides is 13. The summed E-state index contributed by atoms with van der Waals surface area (Å²) in [6.07, 6.45) is 6.21. The molecule has 28 nitrogen and oxygen atoms in total. The summed E-state index contributed by atoms with van der Waals surface area (Å²) in [5, 5.41) is 33.5. The molecule has 4 aromatic rings. The van der Waals surface area contributed by atoms with Crippen molar-refractivity contribution in [3.8, 4) is 0 Å². The molecule has 0 radical (unpaired) electrons. The summed E-state index contributed by atoms with van der Waals surface area (Å²) in [6, 6.07) is 23.9. The molecule has 13 atom stereocenters. The lowest BCUT2D eigenvalue weighted by Crippen LogP contribution is -2.64. The third-order valence-electron chi connectivity index (χ3n) is 24.1. The van der Waals surface area contributed by atoms with Gasteiger partial charge in [-0.1, -0.05) is 176 Å². The van der Waals surface area contributed by atoms with Crippen molar-refractivity contribution in [2.45, 2.75) is 261 Å². The Kier molecular flexibility index (Phi) is 44.0. The lowest BCUT2D eigenvalue weighted by atomic mass is 9.91. The number of unbranched alkanes of at least 4 members (excludes halogenated alkanes) is 2. The zero-order valence-corrected chi connectivity index (χ0v) is 81.0. The number of benzene rings is 4. The average Bonchev–Trinajstić information content (AvgIpc) is 0.760. The van der Waals surface area contributed by atoms with Crippen LogP contribution in [0, 0.1) is 41.4 Å². The Balaban J connectivity index is 1.49. The average molecular weight is 1780 g/mol. The predicted molar refractivity (Wildman–Crippen MR) is 502 cm³/mol. The molecule has 0 aromatic heterocycles. The van der Waals surface area contributed by atoms with Crippen molar-refractivity contribution in [3.05, 3.63) is 139 Å². The van der Waals surface area contributed by atoms with Crippen molar-refractivity contribution in [1.82, 2.24) is 66.2 Å². The molecule has 0 saturated carbocycles. The number of hydrogen-bond acceptors (Lipinski definition) is 15. The zero-order valence-electron chi connectivity index (χ0n) is 80.1. The minimum Gasteiger partial charge on any atom is -0.390 e. The highest BCUT2D eigenvalue weighted by atomic mass is 31.2. The predicted octanol–water partition coefficient (Wildman–Crippen LogP) is 8.30. The van der Waals surface area contributed by atoms with E-state index in [2.05, 4.69) is 105 Å². The van der Waals surface area contributed by atoms with Crippen LogP contribution in [0.15, 0.2) is 127 Å². The second-order valence-corrected chi connectivity index (χ2v) is 40.4. The van der Waals surface area contributed by atoms with Gasteiger partial charge in [0.05, 0.1) is 25.5 Å². The molecule has 7 N–H and O–H groups in total. The van der Waals surface area contributed by atoms with Crippen LogP contribution in [0.1, 0.15) is 198 Å². The monoisotopic (exact) mass is 1780 g/mol. The fraction of sp³-hybridized carbons (Fsp3) is 0.602. The largest absolute Gasteiger partial charge is 0.390 e. The highest BCUT2D eigenvalue weighted by Gasteiger charge is 2.48. The molecule has 0 bridgehead atoms. The van der Waals surface area contributed by atoms with Crippen molar-refractivity contribution in [3.63, 3.8) is 0 Å². The van der Waals surface area contributed by atoms with E-state index in [1.807, 2.05) is 73.6 Å². The molecule has 1 heterocycles. The molecule has 5 rings (SSSR count). The molecule has 0 aliphatic carbocycles. The van der Waals surface area contributed by atoms with E-state index in [0.29, 0.717) is 12.0 Å². The lowest BCUT2D eigenvalue weighted by Gasteiger charge is -2.41. The van der Waals surface area contributed by atoms with Crippen LogP contribution < -0.4 is 47.8 Å². The zero-order chi connectivity index (χ0) is 95.0. The molecule has 0 spiro atoms. The molecule has 29 heteroatoms. The van der Waals surface area contributed by atoms with E-state index in [0.717, 1.165) is 30.3 Å². The van der Waals surface area contributed by atoms with Gasteiger partial charge in [-0.25, -0.2) is 0 Å². The topological polar surface area (TPSA) is 346 Å². The van der Waals surface area contributed by atoms with Crippen LogP contribution in [-0.2, 0) is 68.7 Å². The Morgan fingerprint density at radius 3 is 1.35 bits per heavy atom. The van der Waals surface area contributed by atoms with Gasteiger partial charge in [0.2, 0.25) is 70.9 Å². The highest BCUT2D eigenvalue weighted by Crippen LogP contribution is 2.56. The molecule has 13 amide bonds. The van der Waals surface area contributed by atoms with E-state index in [-0.39, 0.29) is 106 Å². The number of allylic oxidation sites excluding steroid dienone is 2. The Hall–Kier alpha value is -9.92. The normalized spacial score (nSPS) is 22.4. The number of aliphatic hydroxyl groups excluding tert-OH is 1. The van der Waals surface area contributed by atoms with Gasteiger partial charge in [-0.05, 0) is 174 Å². The van der Waals surface area contributed by atoms with Crippen molar-refractivity contribution in [2.75, 3.05) is 81.8 Å². The van der Waals surface area contributed by atoms with Gasteiger partial charge in [0.25, 0.3) is 5.91 Å². The third-order valence-corrected chi connectivity index (χ3v) is 28.6. The molecule has 1 unspecified atom stereocenters. The SMILES string of the molecule is C/C=C/C[C@@H](C)[C@@H](O)[C@H]1C(=O)N[C@@H](CC)C(=O)N(C)C(Cc2ccc(C(=O)NCCOCCNC(=O)CCCCC[P+](c3ccccc3)(c3ccccc3)c3ccccc3)cc2)C(=O)N(C)[C@@H](CC(C)C)C(=O)N[C@@H](C(C)C)C(=O)N(C)[C@@H](CC(C)C)C(=O)N[C@@H](C)C(=O)N[C@H](C)C(=O)N(C)[C@@H](CC(C)C)C(=O)N(C)[C@@H](CC(C)C)C(=O)N(C)[C@@H](C(C)C)C(=O)N1C. The van der Waals surface area contributed by atoms with Crippen LogP contribution in [0.5, 0.6) is 0 Å². The van der Waals surface area contributed by atoms with Crippen molar-refractivity contribution in [2.24, 2.45) is 41.4 Å². The molecule has 1 saturated heterocycles. The van der Waals surface area contributed by atoms with E-state index in [1.165, 1.54) is 108 Å². The van der Waals surface area contributed by atoms with E-state index < -0.39 is 168 Å². The molecule has 1 aliphatic rings. The first-order valence-corrected chi connectivity index (χ1v) is 47.5. The van der Waals surface area contributed by atoms with Crippen LogP contribution in [0.4, 0.5) is 0 Å². The first-order chi connectivity index (χ1) is 59.9. The second kappa shape index (κ2) is 51.9. The summed E-state index contributed by atoms with van der Waals surface area (Å²) in [7, 11) is 7.91. The van der Waals surface area contributed by atoms with Crippen LogP contribution in [0.3, 0.4) is 0 Å². The van der Waals surface area contributed by atoms with Crippen LogP contribution in [0.25, 0.3) is 0 Å². The fourth-order valence-electron chi connectivity index (χ4n) is 16.5. The van der Waals surface area contributed by atoms with Gasteiger partial charge in [0.15, 0.2) is 0 Å². The van der Waals surface area contributed by atoms with E-state index in [4.69, 9.17) is 4.74 Å². The summed E-state index contributed by atoms with van der Waals surface area (Å²) < 4.78 is 5.82. The molecule has 702 valence electrons. The molecular formula is C98H151N13O15P+. The van der Waals surface area contributed by atoms with E-state index >= 15 is 38.4 Å². The molecule has 1 fully saturated rings. The Bertz CT molecular complexity index is 4170. The number of nitrogens with zero attached hydrogens (tertiary/aromatic N) is 7. The number of hydrogen-bond donors (Lipinski definition) is 7. The Morgan fingerprint density at radius 2 is 0.874 bits per heavy atom. The summed E-state index contributed by atoms with van der Waals surface area (Å²) in [6.45, 7) is 30.5. The molecule has 1 aliphatic heterocycles. The Morgan fingerprint density at radius 1 is 0.449 bits per heavy atom. The van der Waals surface area contributed by atoms with Crippen molar-refractivity contribution < 1.29 is 72.2 Å². The van der Waals surface area contributed by atoms with Crippen LogP contribution in [0.2, 0.25) is 0 Å². The van der Waals surface area contributed by atoms with Crippen molar-refractivity contribution >= 4 is 100.0 Å². The number of carbonyl (C=O) groups excluding carboxylic acids is 13. The molecular weight excluding hydrogens is 1630 g/mol. The molecule has 4 aromatic carbocycles. The van der Waals surface area contributed by atoms with E-state index in [1.54, 1.807) is 84.9 Å². The minimum absolute atomic E-state index is 0.0476. The van der Waals surface area contributed by atoms with Gasteiger partial charge in [0.1, 0.15) is 89.6 Å². The quantitative estimate of drug-likeness (QED) is 0.0134. The summed E-state index contributed by atoms with van der Waals surface area (Å²) >= 11 is 0. The first-order valence-electron chi connectivity index (χ1n) is 45.5. The number of aliphatic hydroxyl groups is 1. The van der Waals surface area contributed by atoms with Gasteiger partial charge < -0.3 is 76.0 Å². The maximum atomic E-state index is 15.9. The van der Waals surface area contributed by atoms with Crippen molar-refractivity contribution in [1.29, 1.82) is 0 Å². The smallest absolute Gasteiger partial charge is 0.251 e. The number of ether oxygens (including phenoxy) is 1. The lowest BCUT2D eigenvalue weighted by molar-refractivity contribution is -0.157. The standard InChI is InChI=1S/C98H150N13O15P/c1-25-27-40-68(15)86(113)85-91(118)103-76(26-2)93(120)108(21)81(61-71-48-50-72(51-49-71)88(115)100-53-55-126-54-52-99-82(112)47-38-31-39-56-127(73-41-32-28-33-42-73,74-43-34-29-35-44-74)75-45-36-30-37-46-75)95(122)105(18)78(58-63(5)6)90(117)104-83(66(11)12)97(124)106(19)77(57-62(3)4)89(116)101-69(16)87(114)102-70(17)92(119)107(20)79(59-64(7)8)94(121)109(22)80(60-65(9)10)96(123)110(23)84(67(13)14)98(125)111(85)24/h25,27-30,32-37,41-46,48-51,62-70,76-81,83-86,113H,26,31,38-40,47,52-61H2,1-24H3,(H5-,99,100,101,102,103,104,112,114,115,116,117,118)/p+1/b27-25+/t68-,69+,70-,76+,77+,78+,79+,80+,81?,83+,84+,85+,86-/m1/s1. The molecule has 127 heavy (non-hydrogen) atoms. The number of carbonyl (C=O) groups is 13. The Labute approximate surface area is 757 Å². The second-order valence-electron chi connectivity index (χ2n) is 36.8. The van der Waals surface area contributed by atoms with Gasteiger partial charge >= 0.3 is 0 Å². The van der Waals surface area contributed by atoms with Crippen LogP contribution in [-0.4, -0.2) is 271 Å². The maximum Gasteiger partial charge on any atom is 0.251 e. The number of nitrogens with one attached hydrogen (secondary N) is 6. The van der Waals surface area contributed by atoms with Gasteiger partial charge in [-0.15, -0.1) is 0 Å². The summed E-state index contributed by atoms with van der Waals surface area (Å²) in [5.41, 5.74) is 0.724. The third kappa shape index (κ3) is 30.4. The fourth-order valence-corrected chi connectivity index (χ4v) is 20.9. The summed E-state index contributed by atoms with van der Waals surface area (Å²) in [4.78, 5) is 202. The maximum absolute atomic E-state index is 15.9. The van der Waals surface area contributed by atoms with Crippen LogP contribution >= 0.6 is 7.26 Å². The summed E-state index contributed by atoms with van der Waals surface area (Å²) in [5.74, 6) is -11.3. The minimum atomic E-state index is -1.98. The van der Waals surface area contributed by atoms with Gasteiger partial charge in [-0.2, -0.15) is 0 Å². The van der Waals surface area contributed by atoms with E-state index in [9.17, 15) is 29.1 Å². The first kappa shape index (κ1) is 108.